The van der Waals surface area contributed by atoms with Crippen LogP contribution in [0.5, 0.6) is 5.75 Å². The Kier molecular flexibility index (Phi) is 5.63. The van der Waals surface area contributed by atoms with Crippen molar-refractivity contribution < 1.29 is 14.6 Å². The third-order valence-electron chi connectivity index (χ3n) is 4.36. The van der Waals surface area contributed by atoms with Gasteiger partial charge in [0.15, 0.2) is 0 Å². The molecule has 6 nitrogen and oxygen atoms in total. The van der Waals surface area contributed by atoms with E-state index in [-0.39, 0.29) is 24.9 Å². The van der Waals surface area contributed by atoms with E-state index >= 15 is 0 Å². The number of aliphatic hydroxyl groups is 1. The lowest BCUT2D eigenvalue weighted by Gasteiger charge is -2.41. The zero-order chi connectivity index (χ0) is 17.8. The van der Waals surface area contributed by atoms with E-state index in [9.17, 15) is 10.1 Å². The number of carbonyl (C=O) groups excluding carboxylic acids is 1. The summed E-state index contributed by atoms with van der Waals surface area (Å²) in [6, 6.07) is 9.95. The zero-order valence-electron chi connectivity index (χ0n) is 14.1. The van der Waals surface area contributed by atoms with Crippen LogP contribution in [0.1, 0.15) is 24.8 Å². The standard InChI is InChI=1S/C18H21N3O3S/c1-2-24-14-5-3-13(4-6-14)15-9-17(23)21-11-20(7-8-22)12-25-18(21)16(15)10-19/h3-6,15,22H,2,7-9,11-12H2,1H3/t15-/m1/s1. The Morgan fingerprint density at radius 3 is 2.80 bits per heavy atom. The molecule has 1 aromatic carbocycles. The normalized spacial score (nSPS) is 21.1. The molecule has 2 aliphatic heterocycles. The molecule has 1 aromatic rings. The summed E-state index contributed by atoms with van der Waals surface area (Å²) >= 11 is 1.49. The van der Waals surface area contributed by atoms with Crippen LogP contribution >= 0.6 is 11.8 Å². The number of hydrogen-bond acceptors (Lipinski definition) is 6. The van der Waals surface area contributed by atoms with Crippen LogP contribution in [0, 0.1) is 11.3 Å². The summed E-state index contributed by atoms with van der Waals surface area (Å²) in [5, 5.41) is 19.6. The maximum absolute atomic E-state index is 12.6. The molecule has 7 heteroatoms. The van der Waals surface area contributed by atoms with Gasteiger partial charge < -0.3 is 9.84 Å². The van der Waals surface area contributed by atoms with Crippen LogP contribution in [0.2, 0.25) is 0 Å². The molecule has 2 heterocycles. The molecule has 1 N–H and O–H groups in total. The highest BCUT2D eigenvalue weighted by molar-refractivity contribution is 8.03. The second-order valence-electron chi connectivity index (χ2n) is 5.94. The number of fused-ring (bicyclic) bond motifs is 1. The molecule has 0 aliphatic carbocycles. The highest BCUT2D eigenvalue weighted by Gasteiger charge is 2.38. The van der Waals surface area contributed by atoms with Crippen LogP contribution < -0.4 is 4.74 Å². The van der Waals surface area contributed by atoms with Gasteiger partial charge in [0.05, 0.1) is 42.4 Å². The van der Waals surface area contributed by atoms with Gasteiger partial charge in [0.25, 0.3) is 0 Å². The van der Waals surface area contributed by atoms with Crippen molar-refractivity contribution >= 4 is 17.7 Å². The van der Waals surface area contributed by atoms with E-state index in [2.05, 4.69) is 6.07 Å². The Labute approximate surface area is 151 Å². The molecule has 3 rings (SSSR count). The fourth-order valence-electron chi connectivity index (χ4n) is 3.14. The van der Waals surface area contributed by atoms with Gasteiger partial charge in [0.2, 0.25) is 5.91 Å². The first-order chi connectivity index (χ1) is 12.2. The lowest BCUT2D eigenvalue weighted by Crippen LogP contribution is -2.47. The molecule has 0 unspecified atom stereocenters. The van der Waals surface area contributed by atoms with Gasteiger partial charge >= 0.3 is 0 Å². The molecule has 0 aromatic heterocycles. The minimum Gasteiger partial charge on any atom is -0.494 e. The largest absolute Gasteiger partial charge is 0.494 e. The van der Waals surface area contributed by atoms with Crippen molar-refractivity contribution in [1.82, 2.24) is 9.80 Å². The minimum atomic E-state index is -0.212. The Balaban J connectivity index is 1.88. The van der Waals surface area contributed by atoms with E-state index in [1.54, 1.807) is 4.90 Å². The van der Waals surface area contributed by atoms with E-state index in [4.69, 9.17) is 9.84 Å². The van der Waals surface area contributed by atoms with Crippen molar-refractivity contribution in [2.75, 3.05) is 32.3 Å². The molecule has 1 fully saturated rings. The van der Waals surface area contributed by atoms with Crippen molar-refractivity contribution in [1.29, 1.82) is 5.26 Å². The Bertz CT molecular complexity index is 711. The number of aliphatic hydroxyl groups excluding tert-OH is 1. The number of hydrogen-bond donors (Lipinski definition) is 1. The third kappa shape index (κ3) is 3.66. The average molecular weight is 359 g/mol. The van der Waals surface area contributed by atoms with Gasteiger partial charge in [0.1, 0.15) is 5.75 Å². The van der Waals surface area contributed by atoms with E-state index in [1.807, 2.05) is 36.1 Å². The summed E-state index contributed by atoms with van der Waals surface area (Å²) in [6.07, 6.45) is 0.286. The van der Waals surface area contributed by atoms with Gasteiger partial charge in [-0.1, -0.05) is 23.9 Å². The number of thioether (sulfide) groups is 1. The quantitative estimate of drug-likeness (QED) is 0.867. The van der Waals surface area contributed by atoms with Crippen molar-refractivity contribution in [3.8, 4) is 11.8 Å². The zero-order valence-corrected chi connectivity index (χ0v) is 15.0. The molecule has 0 bridgehead atoms. The van der Waals surface area contributed by atoms with Crippen LogP contribution in [-0.4, -0.2) is 53.1 Å². The fraction of sp³-hybridized carbons (Fsp3) is 0.444. The molecule has 25 heavy (non-hydrogen) atoms. The SMILES string of the molecule is CCOc1ccc([C@H]2CC(=O)N3CN(CCO)CSC3=C2C#N)cc1. The predicted molar refractivity (Wildman–Crippen MR) is 95.6 cm³/mol. The van der Waals surface area contributed by atoms with Gasteiger partial charge in [-0.05, 0) is 24.6 Å². The smallest absolute Gasteiger partial charge is 0.229 e. The van der Waals surface area contributed by atoms with Crippen LogP contribution in [0.15, 0.2) is 34.9 Å². The monoisotopic (exact) mass is 359 g/mol. The second kappa shape index (κ2) is 7.91. The Morgan fingerprint density at radius 1 is 1.40 bits per heavy atom. The summed E-state index contributed by atoms with van der Waals surface area (Å²) < 4.78 is 5.46. The van der Waals surface area contributed by atoms with E-state index in [0.717, 1.165) is 16.3 Å². The number of β-amino-alcohol motifs (C(OH)–C–C–N with tert-alkyl or cyclic N) is 1. The molecular weight excluding hydrogens is 338 g/mol. The Morgan fingerprint density at radius 2 is 2.16 bits per heavy atom. The second-order valence-corrected chi connectivity index (χ2v) is 6.88. The van der Waals surface area contributed by atoms with E-state index < -0.39 is 0 Å². The Hall–Kier alpha value is -2.01. The lowest BCUT2D eigenvalue weighted by atomic mass is 9.86. The summed E-state index contributed by atoms with van der Waals surface area (Å²) in [5.41, 5.74) is 1.61. The highest BCUT2D eigenvalue weighted by atomic mass is 32.2. The first-order valence-corrected chi connectivity index (χ1v) is 9.29. The molecule has 0 radical (unpaired) electrons. The molecule has 132 valence electrons. The van der Waals surface area contributed by atoms with E-state index in [1.165, 1.54) is 11.8 Å². The number of ether oxygens (including phenoxy) is 1. The van der Waals surface area contributed by atoms with E-state index in [0.29, 0.717) is 31.3 Å². The number of benzene rings is 1. The van der Waals surface area contributed by atoms with Crippen LogP contribution in [0.25, 0.3) is 0 Å². The lowest BCUT2D eigenvalue weighted by molar-refractivity contribution is -0.131. The van der Waals surface area contributed by atoms with Crippen molar-refractivity contribution in [3.63, 3.8) is 0 Å². The number of allylic oxidation sites excluding steroid dienone is 1. The first kappa shape index (κ1) is 17.8. The minimum absolute atomic E-state index is 0.0167. The number of amides is 1. The summed E-state index contributed by atoms with van der Waals surface area (Å²) in [7, 11) is 0. The molecule has 0 spiro atoms. The number of nitrogens with zero attached hydrogens (tertiary/aromatic N) is 3. The van der Waals surface area contributed by atoms with Crippen molar-refractivity contribution in [2.24, 2.45) is 0 Å². The molecule has 1 amide bonds. The summed E-state index contributed by atoms with van der Waals surface area (Å²) in [6.45, 7) is 3.55. The summed E-state index contributed by atoms with van der Waals surface area (Å²) in [4.78, 5) is 16.3. The maximum atomic E-state index is 12.6. The van der Waals surface area contributed by atoms with Gasteiger partial charge in [0, 0.05) is 18.9 Å². The molecule has 0 saturated carbocycles. The fourth-order valence-corrected chi connectivity index (χ4v) is 4.31. The number of carbonyl (C=O) groups is 1. The van der Waals surface area contributed by atoms with Gasteiger partial charge in [-0.2, -0.15) is 5.26 Å². The summed E-state index contributed by atoms with van der Waals surface area (Å²) in [5.74, 6) is 1.26. The number of nitriles is 1. The van der Waals surface area contributed by atoms with Gasteiger partial charge in [-0.25, -0.2) is 0 Å². The van der Waals surface area contributed by atoms with Crippen LogP contribution in [0.3, 0.4) is 0 Å². The molecule has 1 atom stereocenters. The topological polar surface area (TPSA) is 76.8 Å². The van der Waals surface area contributed by atoms with Gasteiger partial charge in [-0.15, -0.1) is 0 Å². The molecule has 2 aliphatic rings. The average Bonchev–Trinajstić information content (AvgIpc) is 2.63. The van der Waals surface area contributed by atoms with Crippen LogP contribution in [-0.2, 0) is 4.79 Å². The predicted octanol–water partition coefficient (Wildman–Crippen LogP) is 2.09. The first-order valence-electron chi connectivity index (χ1n) is 8.31. The third-order valence-corrected chi connectivity index (χ3v) is 5.57. The van der Waals surface area contributed by atoms with Gasteiger partial charge in [-0.3, -0.25) is 14.6 Å². The maximum Gasteiger partial charge on any atom is 0.229 e. The van der Waals surface area contributed by atoms with Crippen molar-refractivity contribution in [2.45, 2.75) is 19.3 Å². The highest BCUT2D eigenvalue weighted by Crippen LogP contribution is 2.42. The van der Waals surface area contributed by atoms with Crippen molar-refractivity contribution in [3.05, 3.63) is 40.4 Å². The molecule has 1 saturated heterocycles. The molecular formula is C18H21N3O3S. The van der Waals surface area contributed by atoms with Crippen LogP contribution in [0.4, 0.5) is 0 Å². The number of rotatable bonds is 5.